The van der Waals surface area contributed by atoms with Gasteiger partial charge in [0.2, 0.25) is 0 Å². The molecule has 11 heteroatoms. The molecule has 0 spiro atoms. The molecule has 0 atom stereocenters. The number of carbonyl (C=O) groups is 2. The number of methoxy groups -OCH3 is 2. The monoisotopic (exact) mass is 711 g/mol. The molecule has 11 nitrogen and oxygen atoms in total. The quantitative estimate of drug-likeness (QED) is 0.111. The van der Waals surface area contributed by atoms with Gasteiger partial charge in [-0.25, -0.2) is 9.59 Å². The van der Waals surface area contributed by atoms with Crippen molar-refractivity contribution in [3.63, 3.8) is 0 Å². The van der Waals surface area contributed by atoms with Crippen LogP contribution in [0.4, 0.5) is 21.0 Å². The van der Waals surface area contributed by atoms with E-state index in [0.29, 0.717) is 39.3 Å². The zero-order chi connectivity index (χ0) is 37.5. The second kappa shape index (κ2) is 19.8. The summed E-state index contributed by atoms with van der Waals surface area (Å²) in [4.78, 5) is 36.2. The van der Waals surface area contributed by atoms with Crippen molar-refractivity contribution in [2.45, 2.75) is 26.2 Å². The van der Waals surface area contributed by atoms with Gasteiger partial charge >= 0.3 is 12.2 Å². The van der Waals surface area contributed by atoms with Gasteiger partial charge in [0.25, 0.3) is 0 Å². The molecule has 52 heavy (non-hydrogen) atoms. The smallest absolute Gasteiger partial charge is 0.410 e. The first-order chi connectivity index (χ1) is 25.0. The van der Waals surface area contributed by atoms with Crippen molar-refractivity contribution >= 4 is 23.6 Å². The lowest BCUT2D eigenvalue weighted by atomic mass is 10.1. The average Bonchev–Trinajstić information content (AvgIpc) is 3.14. The molecular weight excluding hydrogens is 658 g/mol. The van der Waals surface area contributed by atoms with Gasteiger partial charge < -0.3 is 28.7 Å². The third kappa shape index (κ3) is 12.4. The van der Waals surface area contributed by atoms with Crippen molar-refractivity contribution < 1.29 is 28.5 Å². The van der Waals surface area contributed by atoms with E-state index in [9.17, 15) is 9.59 Å². The van der Waals surface area contributed by atoms with Gasteiger partial charge in [-0.05, 0) is 77.8 Å². The molecular formula is C41H53N5O6. The molecule has 0 aliphatic heterocycles. The molecule has 0 saturated heterocycles. The largest absolute Gasteiger partial charge is 0.497 e. The molecule has 0 aliphatic carbocycles. The Morgan fingerprint density at radius 1 is 0.500 bits per heavy atom. The maximum atomic E-state index is 13.4. The second-order valence-electron chi connectivity index (χ2n) is 13.1. The third-order valence-corrected chi connectivity index (χ3v) is 8.58. The van der Waals surface area contributed by atoms with Crippen LogP contribution in [0.2, 0.25) is 0 Å². The predicted octanol–water partition coefficient (Wildman–Crippen LogP) is 6.75. The van der Waals surface area contributed by atoms with Crippen LogP contribution in [-0.4, -0.2) is 103 Å². The Kier molecular flexibility index (Phi) is 15.0. The summed E-state index contributed by atoms with van der Waals surface area (Å²) >= 11 is 0. The molecule has 0 heterocycles. The number of hydrogen-bond donors (Lipinski definition) is 0. The Balaban J connectivity index is 1.31. The second-order valence-corrected chi connectivity index (χ2v) is 13.1. The Morgan fingerprint density at radius 3 is 1.21 bits per heavy atom. The highest BCUT2D eigenvalue weighted by Crippen LogP contribution is 2.20. The average molecular weight is 712 g/mol. The van der Waals surface area contributed by atoms with Crippen LogP contribution >= 0.6 is 0 Å². The molecule has 4 rings (SSSR count). The van der Waals surface area contributed by atoms with E-state index < -0.39 is 12.2 Å². The minimum absolute atomic E-state index is 0.183. The first kappa shape index (κ1) is 39.4. The van der Waals surface area contributed by atoms with E-state index in [4.69, 9.17) is 18.9 Å². The zero-order valence-electron chi connectivity index (χ0n) is 31.6. The van der Waals surface area contributed by atoms with E-state index in [1.165, 1.54) is 0 Å². The van der Waals surface area contributed by atoms with Crippen molar-refractivity contribution in [1.29, 1.82) is 0 Å². The number of likely N-dealkylation sites (N-methyl/N-ethyl adjacent to an activating group) is 1. The van der Waals surface area contributed by atoms with E-state index in [-0.39, 0.29) is 13.2 Å². The van der Waals surface area contributed by atoms with Crippen LogP contribution < -0.4 is 19.3 Å². The lowest BCUT2D eigenvalue weighted by Crippen LogP contribution is -2.35. The summed E-state index contributed by atoms with van der Waals surface area (Å²) in [5.74, 6) is 1.45. The van der Waals surface area contributed by atoms with E-state index in [2.05, 4.69) is 0 Å². The molecule has 0 unspecified atom stereocenters. The van der Waals surface area contributed by atoms with Crippen LogP contribution in [0, 0.1) is 0 Å². The SMILES string of the molecule is COc1cccc(CN(Cc2ccc(N(C)C)cc2)C(=O)OCCN(C)CCOC(=O)N(Cc2ccc(N(C)C)cc2)Cc2cccc(OC)c2)c1. The van der Waals surface area contributed by atoms with Gasteiger partial charge in [0.15, 0.2) is 0 Å². The fraction of sp³-hybridized carbons (Fsp3) is 0.366. The number of rotatable bonds is 18. The summed E-state index contributed by atoms with van der Waals surface area (Å²) in [6.07, 6.45) is -0.822. The lowest BCUT2D eigenvalue weighted by Gasteiger charge is -2.25. The molecule has 278 valence electrons. The van der Waals surface area contributed by atoms with E-state index in [1.807, 2.05) is 147 Å². The summed E-state index contributed by atoms with van der Waals surface area (Å²) in [6, 6.07) is 31.6. The number of nitrogens with zero attached hydrogens (tertiary/aromatic N) is 5. The summed E-state index contributed by atoms with van der Waals surface area (Å²) in [6.45, 7) is 2.82. The number of carbonyl (C=O) groups excluding carboxylic acids is 2. The van der Waals surface area contributed by atoms with Crippen molar-refractivity contribution in [1.82, 2.24) is 14.7 Å². The molecule has 0 saturated carbocycles. The fourth-order valence-electron chi connectivity index (χ4n) is 5.46. The number of hydrogen-bond acceptors (Lipinski definition) is 9. The molecule has 0 aromatic heterocycles. The Bertz CT molecular complexity index is 1570. The number of benzene rings is 4. The standard InChI is InChI=1S/C41H53N5O6/c1-42(2)36-18-14-32(15-19-36)28-45(30-34-10-8-12-38(26-34)49-6)40(47)51-24-22-44(5)23-25-52-41(48)46(31-35-11-9-13-39(27-35)50-7)29-33-16-20-37(21-17-33)43(3)4/h8-21,26-27H,22-25,28-31H2,1-7H3. The Morgan fingerprint density at radius 2 is 0.865 bits per heavy atom. The maximum absolute atomic E-state index is 13.4. The van der Waals surface area contributed by atoms with Crippen LogP contribution in [0.1, 0.15) is 22.3 Å². The minimum atomic E-state index is -0.411. The Labute approximate surface area is 308 Å². The molecule has 0 radical (unpaired) electrons. The van der Waals surface area contributed by atoms with Gasteiger partial charge in [-0.3, -0.25) is 14.7 Å². The van der Waals surface area contributed by atoms with Gasteiger partial charge in [0.1, 0.15) is 24.7 Å². The van der Waals surface area contributed by atoms with Crippen LogP contribution in [-0.2, 0) is 35.7 Å². The van der Waals surface area contributed by atoms with E-state index in [1.54, 1.807) is 24.0 Å². The third-order valence-electron chi connectivity index (χ3n) is 8.58. The lowest BCUT2D eigenvalue weighted by molar-refractivity contribution is 0.0760. The molecule has 0 aliphatic rings. The van der Waals surface area contributed by atoms with Gasteiger partial charge in [0.05, 0.1) is 14.2 Å². The topological polar surface area (TPSA) is 87.3 Å². The predicted molar refractivity (Wildman–Crippen MR) is 206 cm³/mol. The van der Waals surface area contributed by atoms with Gasteiger partial charge in [0, 0.05) is 78.8 Å². The number of amides is 2. The summed E-state index contributed by atoms with van der Waals surface area (Å²) in [5, 5.41) is 0. The van der Waals surface area contributed by atoms with Crippen LogP contribution in [0.25, 0.3) is 0 Å². The molecule has 0 N–H and O–H groups in total. The van der Waals surface area contributed by atoms with Crippen LogP contribution in [0.5, 0.6) is 11.5 Å². The molecule has 0 bridgehead atoms. The molecule has 2 amide bonds. The van der Waals surface area contributed by atoms with Crippen molar-refractivity contribution in [3.05, 3.63) is 119 Å². The van der Waals surface area contributed by atoms with Crippen molar-refractivity contribution in [3.8, 4) is 11.5 Å². The van der Waals surface area contributed by atoms with E-state index >= 15 is 0 Å². The first-order valence-electron chi connectivity index (χ1n) is 17.3. The van der Waals surface area contributed by atoms with Gasteiger partial charge in [-0.1, -0.05) is 48.5 Å². The van der Waals surface area contributed by atoms with Crippen LogP contribution in [0.15, 0.2) is 97.1 Å². The summed E-state index contributed by atoms with van der Waals surface area (Å²) in [7, 11) is 13.1. The molecule has 0 fully saturated rings. The normalized spacial score (nSPS) is 10.8. The number of ether oxygens (including phenoxy) is 4. The molecule has 4 aromatic rings. The van der Waals surface area contributed by atoms with Gasteiger partial charge in [-0.2, -0.15) is 0 Å². The highest BCUT2D eigenvalue weighted by atomic mass is 16.6. The fourth-order valence-corrected chi connectivity index (χ4v) is 5.46. The van der Waals surface area contributed by atoms with Gasteiger partial charge in [-0.15, -0.1) is 0 Å². The highest BCUT2D eigenvalue weighted by Gasteiger charge is 2.19. The Hall–Kier alpha value is -5.42. The first-order valence-corrected chi connectivity index (χ1v) is 17.3. The summed E-state index contributed by atoms with van der Waals surface area (Å²) < 4.78 is 22.3. The maximum Gasteiger partial charge on any atom is 0.410 e. The number of anilines is 2. The van der Waals surface area contributed by atoms with E-state index in [0.717, 1.165) is 45.1 Å². The highest BCUT2D eigenvalue weighted by molar-refractivity contribution is 5.68. The zero-order valence-corrected chi connectivity index (χ0v) is 31.6. The molecule has 4 aromatic carbocycles. The van der Waals surface area contributed by atoms with Crippen molar-refractivity contribution in [2.24, 2.45) is 0 Å². The van der Waals surface area contributed by atoms with Crippen molar-refractivity contribution in [2.75, 3.05) is 85.6 Å². The summed E-state index contributed by atoms with van der Waals surface area (Å²) in [5.41, 5.74) is 6.03. The van der Waals surface area contributed by atoms with Crippen LogP contribution in [0.3, 0.4) is 0 Å². The minimum Gasteiger partial charge on any atom is -0.497 e.